The second-order valence-electron chi connectivity index (χ2n) is 3.26. The summed E-state index contributed by atoms with van der Waals surface area (Å²) in [6, 6.07) is 9.02. The standard InChI is InChI=1S/C11H8ClNO2/c1-7-9(8-5-3-2-4-6-8)11(15)13(12)10(7)14/h2-6H,1H3. The van der Waals surface area contributed by atoms with Gasteiger partial charge in [0.25, 0.3) is 11.8 Å². The fraction of sp³-hybridized carbons (Fsp3) is 0.0909. The molecule has 15 heavy (non-hydrogen) atoms. The van der Waals surface area contributed by atoms with Gasteiger partial charge in [-0.15, -0.1) is 0 Å². The molecule has 2 amide bonds. The monoisotopic (exact) mass is 221 g/mol. The SMILES string of the molecule is CC1=C(c2ccccc2)C(=O)N(Cl)C1=O. The van der Waals surface area contributed by atoms with E-state index in [4.69, 9.17) is 11.8 Å². The maximum Gasteiger partial charge on any atom is 0.276 e. The maximum absolute atomic E-state index is 11.6. The van der Waals surface area contributed by atoms with Crippen molar-refractivity contribution >= 4 is 29.2 Å². The quantitative estimate of drug-likeness (QED) is 0.537. The van der Waals surface area contributed by atoms with Crippen molar-refractivity contribution in [2.75, 3.05) is 0 Å². The first-order valence-corrected chi connectivity index (χ1v) is 4.77. The van der Waals surface area contributed by atoms with Crippen LogP contribution in [-0.2, 0) is 9.59 Å². The van der Waals surface area contributed by atoms with Crippen LogP contribution in [-0.4, -0.2) is 16.2 Å². The van der Waals surface area contributed by atoms with Crippen LogP contribution >= 0.6 is 11.8 Å². The first-order chi connectivity index (χ1) is 7.13. The molecule has 3 nitrogen and oxygen atoms in total. The third-order valence-electron chi connectivity index (χ3n) is 2.33. The Kier molecular flexibility index (Phi) is 2.32. The molecule has 0 atom stereocenters. The molecule has 0 unspecified atom stereocenters. The van der Waals surface area contributed by atoms with E-state index in [1.54, 1.807) is 19.1 Å². The van der Waals surface area contributed by atoms with E-state index in [1.165, 1.54) is 0 Å². The predicted octanol–water partition coefficient (Wildman–Crippen LogP) is 1.98. The van der Waals surface area contributed by atoms with E-state index in [0.29, 0.717) is 15.6 Å². The second kappa shape index (κ2) is 3.51. The average molecular weight is 222 g/mol. The number of rotatable bonds is 1. The van der Waals surface area contributed by atoms with Gasteiger partial charge in [-0.25, -0.2) is 0 Å². The van der Waals surface area contributed by atoms with Gasteiger partial charge in [0.15, 0.2) is 0 Å². The Morgan fingerprint density at radius 2 is 1.67 bits per heavy atom. The summed E-state index contributed by atoms with van der Waals surface area (Å²) in [6.45, 7) is 1.60. The zero-order valence-corrected chi connectivity index (χ0v) is 8.78. The largest absolute Gasteiger partial charge is 0.276 e. The molecule has 1 heterocycles. The lowest BCUT2D eigenvalue weighted by atomic mass is 10.0. The van der Waals surface area contributed by atoms with Gasteiger partial charge in [0.1, 0.15) is 0 Å². The van der Waals surface area contributed by atoms with Gasteiger partial charge in [0, 0.05) is 17.3 Å². The van der Waals surface area contributed by atoms with E-state index in [-0.39, 0.29) is 0 Å². The van der Waals surface area contributed by atoms with Gasteiger partial charge >= 0.3 is 0 Å². The Labute approximate surface area is 92.1 Å². The molecule has 0 spiro atoms. The number of carbonyl (C=O) groups excluding carboxylic acids is 2. The fourth-order valence-corrected chi connectivity index (χ4v) is 1.76. The number of benzene rings is 1. The Morgan fingerprint density at radius 1 is 1.07 bits per heavy atom. The zero-order chi connectivity index (χ0) is 11.0. The minimum absolute atomic E-state index is 0.385. The molecule has 0 radical (unpaired) electrons. The Morgan fingerprint density at radius 3 is 2.13 bits per heavy atom. The van der Waals surface area contributed by atoms with E-state index in [9.17, 15) is 9.59 Å². The fourth-order valence-electron chi connectivity index (χ4n) is 1.55. The summed E-state index contributed by atoms with van der Waals surface area (Å²) in [7, 11) is 0. The van der Waals surface area contributed by atoms with Crippen molar-refractivity contribution < 1.29 is 9.59 Å². The Hall–Kier alpha value is -1.61. The van der Waals surface area contributed by atoms with Gasteiger partial charge < -0.3 is 0 Å². The molecule has 1 aromatic rings. The molecule has 0 saturated heterocycles. The second-order valence-corrected chi connectivity index (χ2v) is 3.60. The normalized spacial score (nSPS) is 16.5. The van der Waals surface area contributed by atoms with Gasteiger partial charge in [0.2, 0.25) is 0 Å². The van der Waals surface area contributed by atoms with Crippen LogP contribution in [0.3, 0.4) is 0 Å². The van der Waals surface area contributed by atoms with Crippen LogP contribution in [0.25, 0.3) is 5.57 Å². The lowest BCUT2D eigenvalue weighted by Gasteiger charge is -2.02. The first-order valence-electron chi connectivity index (χ1n) is 4.44. The van der Waals surface area contributed by atoms with Gasteiger partial charge in [-0.3, -0.25) is 9.59 Å². The summed E-state index contributed by atoms with van der Waals surface area (Å²) in [5.74, 6) is -0.897. The molecule has 0 aromatic heterocycles. The minimum Gasteiger partial charge on any atom is -0.268 e. The summed E-state index contributed by atoms with van der Waals surface area (Å²) in [4.78, 5) is 23.1. The van der Waals surface area contributed by atoms with Gasteiger partial charge in [-0.1, -0.05) is 30.3 Å². The number of carbonyl (C=O) groups is 2. The first kappa shape index (κ1) is 9.93. The Bertz CT molecular complexity index is 465. The third kappa shape index (κ3) is 1.45. The van der Waals surface area contributed by atoms with E-state index < -0.39 is 11.8 Å². The molecule has 1 aromatic carbocycles. The summed E-state index contributed by atoms with van der Waals surface area (Å²) in [5.41, 5.74) is 1.49. The Balaban J connectivity index is 2.55. The smallest absolute Gasteiger partial charge is 0.268 e. The van der Waals surface area contributed by atoms with Crippen molar-refractivity contribution in [3.8, 4) is 0 Å². The summed E-state index contributed by atoms with van der Waals surface area (Å²) >= 11 is 5.55. The molecule has 1 aliphatic heterocycles. The third-order valence-corrected chi connectivity index (χ3v) is 2.64. The number of hydrogen-bond donors (Lipinski definition) is 0. The molecule has 4 heteroatoms. The highest BCUT2D eigenvalue weighted by Crippen LogP contribution is 2.29. The molecule has 2 rings (SSSR count). The number of halogens is 1. The van der Waals surface area contributed by atoms with E-state index in [0.717, 1.165) is 5.56 Å². The van der Waals surface area contributed by atoms with Crippen LogP contribution in [0.5, 0.6) is 0 Å². The highest BCUT2D eigenvalue weighted by Gasteiger charge is 2.35. The van der Waals surface area contributed by atoms with Gasteiger partial charge in [-0.05, 0) is 12.5 Å². The molecular formula is C11H8ClNO2. The van der Waals surface area contributed by atoms with Crippen molar-refractivity contribution in [3.05, 3.63) is 41.5 Å². The van der Waals surface area contributed by atoms with E-state index in [2.05, 4.69) is 0 Å². The highest BCUT2D eigenvalue weighted by atomic mass is 35.5. The van der Waals surface area contributed by atoms with Crippen LogP contribution in [0, 0.1) is 0 Å². The van der Waals surface area contributed by atoms with Crippen molar-refractivity contribution in [2.45, 2.75) is 6.92 Å². The lowest BCUT2D eigenvalue weighted by Crippen LogP contribution is -2.20. The van der Waals surface area contributed by atoms with Crippen molar-refractivity contribution in [2.24, 2.45) is 0 Å². The van der Waals surface area contributed by atoms with Gasteiger partial charge in [-0.2, -0.15) is 4.42 Å². The number of nitrogens with zero attached hydrogens (tertiary/aromatic N) is 1. The van der Waals surface area contributed by atoms with Crippen LogP contribution in [0.4, 0.5) is 0 Å². The molecule has 0 fully saturated rings. The molecule has 0 N–H and O–H groups in total. The lowest BCUT2D eigenvalue weighted by molar-refractivity contribution is -0.131. The van der Waals surface area contributed by atoms with Crippen LogP contribution in [0.1, 0.15) is 12.5 Å². The topological polar surface area (TPSA) is 37.4 Å². The van der Waals surface area contributed by atoms with E-state index in [1.807, 2.05) is 18.2 Å². The highest BCUT2D eigenvalue weighted by molar-refractivity contribution is 6.47. The predicted molar refractivity (Wildman–Crippen MR) is 56.7 cm³/mol. The average Bonchev–Trinajstić information content (AvgIpc) is 2.45. The van der Waals surface area contributed by atoms with Crippen molar-refractivity contribution in [1.82, 2.24) is 4.42 Å². The molecule has 1 aliphatic rings. The number of amides is 2. The summed E-state index contributed by atoms with van der Waals surface area (Å²) < 4.78 is 0.623. The maximum atomic E-state index is 11.6. The minimum atomic E-state index is -0.453. The van der Waals surface area contributed by atoms with Crippen LogP contribution in [0.2, 0.25) is 0 Å². The molecule has 0 saturated carbocycles. The van der Waals surface area contributed by atoms with Gasteiger partial charge in [0.05, 0.1) is 5.57 Å². The van der Waals surface area contributed by atoms with E-state index >= 15 is 0 Å². The molecule has 0 aliphatic carbocycles. The summed E-state index contributed by atoms with van der Waals surface area (Å²) in [5, 5.41) is 0. The summed E-state index contributed by atoms with van der Waals surface area (Å²) in [6.07, 6.45) is 0. The zero-order valence-electron chi connectivity index (χ0n) is 8.03. The van der Waals surface area contributed by atoms with Crippen molar-refractivity contribution in [1.29, 1.82) is 0 Å². The van der Waals surface area contributed by atoms with Crippen LogP contribution in [0.15, 0.2) is 35.9 Å². The molecule has 0 bridgehead atoms. The van der Waals surface area contributed by atoms with Crippen LogP contribution < -0.4 is 0 Å². The molecular weight excluding hydrogens is 214 g/mol. The van der Waals surface area contributed by atoms with Crippen molar-refractivity contribution in [3.63, 3.8) is 0 Å². The number of hydrogen-bond acceptors (Lipinski definition) is 2. The molecule has 76 valence electrons. The number of imide groups is 1.